The maximum absolute atomic E-state index is 12.8. The summed E-state index contributed by atoms with van der Waals surface area (Å²) in [5.41, 5.74) is 4.86. The summed E-state index contributed by atoms with van der Waals surface area (Å²) in [6, 6.07) is 7.72. The number of carbonyl (C=O) groups is 1. The molecule has 1 unspecified atom stereocenters. The summed E-state index contributed by atoms with van der Waals surface area (Å²) < 4.78 is 27.5. The van der Waals surface area contributed by atoms with Crippen molar-refractivity contribution < 1.29 is 18.3 Å². The molecule has 0 radical (unpaired) electrons. The Kier molecular flexibility index (Phi) is 5.57. The van der Waals surface area contributed by atoms with Crippen LogP contribution < -0.4 is 5.32 Å². The fourth-order valence-electron chi connectivity index (χ4n) is 4.62. The van der Waals surface area contributed by atoms with Crippen LogP contribution in [0.4, 0.5) is 0 Å². The Morgan fingerprint density at radius 1 is 1.31 bits per heavy atom. The third-order valence-corrected chi connectivity index (χ3v) is 8.43. The fourth-order valence-corrected chi connectivity index (χ4v) is 6.66. The Labute approximate surface area is 193 Å². The van der Waals surface area contributed by atoms with Crippen LogP contribution in [-0.4, -0.2) is 42.8 Å². The molecule has 3 N–H and O–H groups in total. The minimum Gasteiger partial charge on any atom is -0.455 e. The molecule has 1 saturated heterocycles. The van der Waals surface area contributed by atoms with Crippen molar-refractivity contribution in [3.05, 3.63) is 63.7 Å². The molecule has 0 spiro atoms. The van der Waals surface area contributed by atoms with E-state index in [1.807, 2.05) is 35.9 Å². The van der Waals surface area contributed by atoms with Gasteiger partial charge in [0.15, 0.2) is 5.76 Å². The third-order valence-electron chi connectivity index (χ3n) is 6.29. The first-order valence-electron chi connectivity index (χ1n) is 10.7. The van der Waals surface area contributed by atoms with Crippen molar-refractivity contribution in [1.82, 2.24) is 15.1 Å². The number of nitrogens with zero attached hydrogens (tertiary/aromatic N) is 2. The Bertz CT molecular complexity index is 1170. The molecule has 1 amide bonds. The molecule has 3 heterocycles. The van der Waals surface area contributed by atoms with Gasteiger partial charge >= 0.3 is 0 Å². The lowest BCUT2D eigenvalue weighted by Crippen LogP contribution is -2.29. The van der Waals surface area contributed by atoms with Gasteiger partial charge < -0.3 is 9.73 Å². The van der Waals surface area contributed by atoms with E-state index in [1.54, 1.807) is 0 Å². The molecule has 3 aromatic rings. The fraction of sp³-hybridized carbons (Fsp3) is 0.391. The number of halogens is 1. The van der Waals surface area contributed by atoms with Gasteiger partial charge in [-0.15, -0.1) is 0 Å². The third kappa shape index (κ3) is 4.20. The van der Waals surface area contributed by atoms with E-state index in [-0.39, 0.29) is 11.8 Å². The second-order valence-corrected chi connectivity index (χ2v) is 11.5. The normalized spacial score (nSPS) is 19.9. The zero-order chi connectivity index (χ0) is 22.5. The standard InChI is InChI=1S/C23H26ClN3O4S/c1-14-20-19(31-22(14)23(28)25-10-16-8-9-32(29,30)13-16)7-4-17-12-27(26-21(17)20)11-15-2-5-18(24)6-3-15/h2-3,5-6,12,16,29-30H,4,7-11,13H2,1H3,(H,25,28). The maximum Gasteiger partial charge on any atom is 0.287 e. The van der Waals surface area contributed by atoms with Gasteiger partial charge in [-0.05, 0) is 48.9 Å². The van der Waals surface area contributed by atoms with Gasteiger partial charge in [0.1, 0.15) is 5.76 Å². The van der Waals surface area contributed by atoms with Gasteiger partial charge in [-0.1, -0.05) is 23.7 Å². The minimum absolute atomic E-state index is 0.0870. The first-order valence-corrected chi connectivity index (χ1v) is 13.0. The highest BCUT2D eigenvalue weighted by molar-refractivity contribution is 8.24. The van der Waals surface area contributed by atoms with Gasteiger partial charge in [-0.25, -0.2) is 0 Å². The number of fused-ring (bicyclic) bond motifs is 3. The Morgan fingerprint density at radius 3 is 2.81 bits per heavy atom. The molecule has 1 atom stereocenters. The van der Waals surface area contributed by atoms with Crippen LogP contribution in [0.2, 0.25) is 5.02 Å². The number of aromatic nitrogens is 2. The highest BCUT2D eigenvalue weighted by Gasteiger charge is 2.31. The van der Waals surface area contributed by atoms with Crippen molar-refractivity contribution in [2.75, 3.05) is 18.1 Å². The number of furan rings is 1. The van der Waals surface area contributed by atoms with Crippen molar-refractivity contribution in [3.8, 4) is 11.3 Å². The molecular formula is C23H26ClN3O4S. The molecule has 7 nitrogen and oxygen atoms in total. The molecule has 9 heteroatoms. The number of benzene rings is 1. The van der Waals surface area contributed by atoms with Gasteiger partial charge in [-0.3, -0.25) is 18.6 Å². The summed E-state index contributed by atoms with van der Waals surface area (Å²) in [5, 5.41) is 8.43. The van der Waals surface area contributed by atoms with Crippen LogP contribution in [-0.2, 0) is 19.4 Å². The van der Waals surface area contributed by atoms with Gasteiger partial charge in [0, 0.05) is 46.8 Å². The lowest BCUT2D eigenvalue weighted by Gasteiger charge is -2.26. The van der Waals surface area contributed by atoms with Crippen molar-refractivity contribution in [3.63, 3.8) is 0 Å². The Morgan fingerprint density at radius 2 is 2.09 bits per heavy atom. The molecule has 170 valence electrons. The monoisotopic (exact) mass is 475 g/mol. The number of hydrogen-bond donors (Lipinski definition) is 3. The van der Waals surface area contributed by atoms with Crippen LogP contribution in [0, 0.1) is 12.8 Å². The van der Waals surface area contributed by atoms with E-state index in [0.717, 1.165) is 46.5 Å². The number of amides is 1. The zero-order valence-corrected chi connectivity index (χ0v) is 19.4. The van der Waals surface area contributed by atoms with Crippen molar-refractivity contribution >= 4 is 28.1 Å². The van der Waals surface area contributed by atoms with Crippen LogP contribution in [0.3, 0.4) is 0 Å². The first-order chi connectivity index (χ1) is 15.3. The minimum atomic E-state index is -2.47. The Balaban J connectivity index is 1.34. The van der Waals surface area contributed by atoms with E-state index in [4.69, 9.17) is 21.1 Å². The van der Waals surface area contributed by atoms with E-state index in [2.05, 4.69) is 11.5 Å². The van der Waals surface area contributed by atoms with E-state index in [9.17, 15) is 13.9 Å². The van der Waals surface area contributed by atoms with Gasteiger partial charge in [0.05, 0.1) is 12.2 Å². The predicted molar refractivity (Wildman–Crippen MR) is 126 cm³/mol. The molecule has 1 fully saturated rings. The van der Waals surface area contributed by atoms with Gasteiger partial charge in [0.25, 0.3) is 5.91 Å². The highest BCUT2D eigenvalue weighted by Crippen LogP contribution is 2.48. The summed E-state index contributed by atoms with van der Waals surface area (Å²) >= 11 is 5.98. The number of carbonyl (C=O) groups excluding carboxylic acids is 1. The molecule has 2 aromatic heterocycles. The molecule has 5 rings (SSSR count). The van der Waals surface area contributed by atoms with E-state index >= 15 is 0 Å². The van der Waals surface area contributed by atoms with Crippen molar-refractivity contribution in [2.45, 2.75) is 32.7 Å². The molecule has 1 aliphatic heterocycles. The summed E-state index contributed by atoms with van der Waals surface area (Å²) in [5.74, 6) is 1.72. The second kappa shape index (κ2) is 8.26. The molecule has 32 heavy (non-hydrogen) atoms. The number of rotatable bonds is 5. The molecule has 1 aliphatic carbocycles. The van der Waals surface area contributed by atoms with E-state index < -0.39 is 10.6 Å². The maximum atomic E-state index is 12.8. The molecular weight excluding hydrogens is 450 g/mol. The molecule has 2 aliphatic rings. The number of aryl methyl sites for hydroxylation is 2. The van der Waals surface area contributed by atoms with Gasteiger partial charge in [-0.2, -0.15) is 15.7 Å². The van der Waals surface area contributed by atoms with Crippen LogP contribution in [0.15, 0.2) is 34.9 Å². The summed E-state index contributed by atoms with van der Waals surface area (Å²) in [6.07, 6.45) is 4.33. The predicted octanol–water partition coefficient (Wildman–Crippen LogP) is 4.75. The van der Waals surface area contributed by atoms with E-state index in [1.165, 1.54) is 0 Å². The average molecular weight is 476 g/mol. The zero-order valence-electron chi connectivity index (χ0n) is 17.8. The summed E-state index contributed by atoms with van der Waals surface area (Å²) in [4.78, 5) is 12.8. The topological polar surface area (TPSA) is 101 Å². The molecule has 1 aromatic carbocycles. The van der Waals surface area contributed by atoms with Crippen LogP contribution in [0.5, 0.6) is 0 Å². The number of nitrogens with one attached hydrogen (secondary N) is 1. The lowest BCUT2D eigenvalue weighted by molar-refractivity contribution is 0.0918. The quantitative estimate of drug-likeness (QED) is 0.494. The van der Waals surface area contributed by atoms with Crippen LogP contribution in [0.1, 0.15) is 39.4 Å². The SMILES string of the molecule is Cc1c(C(=O)NCC2CCS(O)(O)C2)oc2c1-c1nn(Cc3ccc(Cl)cc3)cc1CC2. The van der Waals surface area contributed by atoms with E-state index in [0.29, 0.717) is 41.8 Å². The van der Waals surface area contributed by atoms with Crippen LogP contribution in [0.25, 0.3) is 11.3 Å². The molecule has 0 saturated carbocycles. The lowest BCUT2D eigenvalue weighted by atomic mass is 9.93. The first kappa shape index (κ1) is 21.6. The Hall–Kier alpha value is -2.26. The second-order valence-electron chi connectivity index (χ2n) is 8.72. The summed E-state index contributed by atoms with van der Waals surface area (Å²) in [6.45, 7) is 2.96. The van der Waals surface area contributed by atoms with Crippen molar-refractivity contribution in [1.29, 1.82) is 0 Å². The average Bonchev–Trinajstić information content (AvgIpc) is 3.42. The van der Waals surface area contributed by atoms with Crippen molar-refractivity contribution in [2.24, 2.45) is 5.92 Å². The highest BCUT2D eigenvalue weighted by atomic mass is 35.5. The summed E-state index contributed by atoms with van der Waals surface area (Å²) in [7, 11) is -2.47. The smallest absolute Gasteiger partial charge is 0.287 e. The van der Waals surface area contributed by atoms with Crippen LogP contribution >= 0.6 is 22.2 Å². The largest absolute Gasteiger partial charge is 0.455 e. The van der Waals surface area contributed by atoms with Gasteiger partial charge in [0.2, 0.25) is 0 Å². The molecule has 0 bridgehead atoms. The number of hydrogen-bond acceptors (Lipinski definition) is 5.